The van der Waals surface area contributed by atoms with Crippen LogP contribution in [0.2, 0.25) is 0 Å². The number of ether oxygens (including phenoxy) is 2. The smallest absolute Gasteiger partial charge is 0.0546 e. The van der Waals surface area contributed by atoms with Crippen molar-refractivity contribution in [2.24, 2.45) is 17.3 Å². The maximum atomic E-state index is 5.46. The molecule has 0 aromatic carbocycles. The first-order valence-corrected chi connectivity index (χ1v) is 6.39. The summed E-state index contributed by atoms with van der Waals surface area (Å²) in [7, 11) is 3.60. The second kappa shape index (κ2) is 4.89. The van der Waals surface area contributed by atoms with E-state index in [1.807, 2.05) is 0 Å². The van der Waals surface area contributed by atoms with Gasteiger partial charge in [-0.05, 0) is 31.1 Å². The predicted molar refractivity (Wildman–Crippen MR) is 65.4 cm³/mol. The van der Waals surface area contributed by atoms with Gasteiger partial charge < -0.3 is 9.47 Å². The van der Waals surface area contributed by atoms with Crippen LogP contribution in [-0.2, 0) is 9.47 Å². The van der Waals surface area contributed by atoms with Crippen LogP contribution in [0.3, 0.4) is 0 Å². The lowest BCUT2D eigenvalue weighted by Gasteiger charge is -2.38. The minimum Gasteiger partial charge on any atom is -0.384 e. The van der Waals surface area contributed by atoms with Gasteiger partial charge in [0.1, 0.15) is 0 Å². The molecule has 0 heterocycles. The molecule has 0 bridgehead atoms. The van der Waals surface area contributed by atoms with Crippen molar-refractivity contribution in [3.63, 3.8) is 0 Å². The summed E-state index contributed by atoms with van der Waals surface area (Å²) in [5.41, 5.74) is 1.66. The topological polar surface area (TPSA) is 18.5 Å². The van der Waals surface area contributed by atoms with Crippen LogP contribution in [0.4, 0.5) is 0 Å². The molecular formula is C14H24O2. The monoisotopic (exact) mass is 224 g/mol. The lowest BCUT2D eigenvalue weighted by molar-refractivity contribution is -0.0299. The van der Waals surface area contributed by atoms with Crippen molar-refractivity contribution >= 4 is 0 Å². The molecule has 2 fully saturated rings. The first-order valence-electron chi connectivity index (χ1n) is 6.39. The molecule has 0 aliphatic heterocycles. The molecule has 2 heteroatoms. The van der Waals surface area contributed by atoms with Crippen molar-refractivity contribution < 1.29 is 9.47 Å². The van der Waals surface area contributed by atoms with Gasteiger partial charge in [-0.3, -0.25) is 0 Å². The van der Waals surface area contributed by atoms with Gasteiger partial charge in [0.15, 0.2) is 0 Å². The van der Waals surface area contributed by atoms with Gasteiger partial charge in [0.05, 0.1) is 13.2 Å². The molecule has 0 amide bonds. The SMILES string of the molecule is C=C1CC(COC)(COC)[C@H]2CCCC[C@@H]12. The van der Waals surface area contributed by atoms with Gasteiger partial charge >= 0.3 is 0 Å². The van der Waals surface area contributed by atoms with Crippen LogP contribution in [0.5, 0.6) is 0 Å². The molecule has 0 saturated heterocycles. The Hall–Kier alpha value is -0.340. The van der Waals surface area contributed by atoms with Gasteiger partial charge in [0.2, 0.25) is 0 Å². The molecule has 0 aromatic rings. The van der Waals surface area contributed by atoms with Gasteiger partial charge in [-0.2, -0.15) is 0 Å². The zero-order valence-corrected chi connectivity index (χ0v) is 10.6. The Balaban J connectivity index is 2.20. The predicted octanol–water partition coefficient (Wildman–Crippen LogP) is 3.03. The summed E-state index contributed by atoms with van der Waals surface area (Å²) in [6.45, 7) is 5.93. The van der Waals surface area contributed by atoms with Gasteiger partial charge in [-0.25, -0.2) is 0 Å². The molecule has 0 radical (unpaired) electrons. The summed E-state index contributed by atoms with van der Waals surface area (Å²) in [5.74, 6) is 1.48. The Morgan fingerprint density at radius 3 is 2.44 bits per heavy atom. The largest absolute Gasteiger partial charge is 0.384 e. The van der Waals surface area contributed by atoms with Crippen LogP contribution >= 0.6 is 0 Å². The summed E-state index contributed by atoms with van der Waals surface area (Å²) in [5, 5.41) is 0. The summed E-state index contributed by atoms with van der Waals surface area (Å²) < 4.78 is 10.9. The van der Waals surface area contributed by atoms with E-state index in [0.717, 1.165) is 31.5 Å². The molecular weight excluding hydrogens is 200 g/mol. The van der Waals surface area contributed by atoms with Crippen molar-refractivity contribution in [1.82, 2.24) is 0 Å². The first-order chi connectivity index (χ1) is 7.73. The quantitative estimate of drug-likeness (QED) is 0.683. The zero-order valence-electron chi connectivity index (χ0n) is 10.6. The normalized spacial score (nSPS) is 32.8. The second-order valence-electron chi connectivity index (χ2n) is 5.56. The lowest BCUT2D eigenvalue weighted by Crippen LogP contribution is -2.38. The number of methoxy groups -OCH3 is 2. The Morgan fingerprint density at radius 2 is 1.81 bits per heavy atom. The van der Waals surface area contributed by atoms with Gasteiger partial charge in [-0.1, -0.05) is 25.0 Å². The molecule has 2 aliphatic rings. The maximum Gasteiger partial charge on any atom is 0.0546 e. The zero-order chi connectivity index (χ0) is 11.6. The highest BCUT2D eigenvalue weighted by Crippen LogP contribution is 2.55. The van der Waals surface area contributed by atoms with E-state index in [9.17, 15) is 0 Å². The molecule has 0 aromatic heterocycles. The van der Waals surface area contributed by atoms with E-state index in [-0.39, 0.29) is 5.41 Å². The van der Waals surface area contributed by atoms with E-state index in [4.69, 9.17) is 9.47 Å². The number of hydrogen-bond acceptors (Lipinski definition) is 2. The van der Waals surface area contributed by atoms with Crippen LogP contribution in [-0.4, -0.2) is 27.4 Å². The average molecular weight is 224 g/mol. The minimum atomic E-state index is 0.214. The van der Waals surface area contributed by atoms with Crippen molar-refractivity contribution in [1.29, 1.82) is 0 Å². The van der Waals surface area contributed by atoms with Crippen molar-refractivity contribution in [2.45, 2.75) is 32.1 Å². The standard InChI is InChI=1S/C14H24O2/c1-11-8-14(9-15-2,10-16-3)13-7-5-4-6-12(11)13/h12-13H,1,4-10H2,2-3H3/t12-,13-/m0/s1. The Labute approximate surface area is 99.0 Å². The summed E-state index contributed by atoms with van der Waals surface area (Å²) >= 11 is 0. The molecule has 92 valence electrons. The molecule has 2 atom stereocenters. The summed E-state index contributed by atoms with van der Waals surface area (Å²) in [4.78, 5) is 0. The van der Waals surface area contributed by atoms with Crippen LogP contribution in [0.15, 0.2) is 12.2 Å². The van der Waals surface area contributed by atoms with Crippen LogP contribution in [0.1, 0.15) is 32.1 Å². The fraction of sp³-hybridized carbons (Fsp3) is 0.857. The van der Waals surface area contributed by atoms with Gasteiger partial charge in [0, 0.05) is 19.6 Å². The van der Waals surface area contributed by atoms with E-state index < -0.39 is 0 Å². The van der Waals surface area contributed by atoms with E-state index in [1.54, 1.807) is 14.2 Å². The highest BCUT2D eigenvalue weighted by molar-refractivity contribution is 5.18. The molecule has 2 nitrogen and oxygen atoms in total. The molecule has 2 aliphatic carbocycles. The van der Waals surface area contributed by atoms with E-state index in [0.29, 0.717) is 0 Å². The molecule has 0 unspecified atom stereocenters. The van der Waals surface area contributed by atoms with Crippen molar-refractivity contribution in [2.75, 3.05) is 27.4 Å². The minimum absolute atomic E-state index is 0.214. The third kappa shape index (κ3) is 1.93. The van der Waals surface area contributed by atoms with Crippen molar-refractivity contribution in [3.05, 3.63) is 12.2 Å². The summed E-state index contributed by atoms with van der Waals surface area (Å²) in [6, 6.07) is 0. The number of fused-ring (bicyclic) bond motifs is 1. The fourth-order valence-corrected chi connectivity index (χ4v) is 4.00. The maximum absolute atomic E-state index is 5.46. The lowest BCUT2D eigenvalue weighted by atomic mass is 9.70. The molecule has 2 saturated carbocycles. The van der Waals surface area contributed by atoms with E-state index >= 15 is 0 Å². The Bertz CT molecular complexity index is 253. The first kappa shape index (κ1) is 12.1. The summed E-state index contributed by atoms with van der Waals surface area (Å²) in [6.07, 6.45) is 6.50. The van der Waals surface area contributed by atoms with Crippen LogP contribution in [0, 0.1) is 17.3 Å². The van der Waals surface area contributed by atoms with E-state index in [2.05, 4.69) is 6.58 Å². The van der Waals surface area contributed by atoms with Crippen LogP contribution in [0.25, 0.3) is 0 Å². The van der Waals surface area contributed by atoms with Crippen molar-refractivity contribution in [3.8, 4) is 0 Å². The molecule has 16 heavy (non-hydrogen) atoms. The Kier molecular flexibility index (Phi) is 3.70. The van der Waals surface area contributed by atoms with Gasteiger partial charge in [0.25, 0.3) is 0 Å². The number of hydrogen-bond donors (Lipinski definition) is 0. The molecule has 0 spiro atoms. The van der Waals surface area contributed by atoms with Gasteiger partial charge in [-0.15, -0.1) is 0 Å². The molecule has 2 rings (SSSR count). The highest BCUT2D eigenvalue weighted by atomic mass is 16.5. The average Bonchev–Trinajstić information content (AvgIpc) is 2.55. The Morgan fingerprint density at radius 1 is 1.19 bits per heavy atom. The molecule has 0 N–H and O–H groups in total. The number of allylic oxidation sites excluding steroid dienone is 1. The fourth-order valence-electron chi connectivity index (χ4n) is 4.00. The van der Waals surface area contributed by atoms with Crippen LogP contribution < -0.4 is 0 Å². The second-order valence-corrected chi connectivity index (χ2v) is 5.56. The highest BCUT2D eigenvalue weighted by Gasteiger charge is 2.50. The number of rotatable bonds is 4. The van der Waals surface area contributed by atoms with E-state index in [1.165, 1.54) is 31.3 Å². The third-order valence-corrected chi connectivity index (χ3v) is 4.52. The third-order valence-electron chi connectivity index (χ3n) is 4.52.